The molecule has 6 heteroatoms. The van der Waals surface area contributed by atoms with Gasteiger partial charge in [0.05, 0.1) is 18.8 Å². The number of rotatable bonds is 2. The standard InChI is InChI=1S/C12H15N5O/c1-8-5-11(15-9(2)14-8)17-6-12(18,7-17)10-3-4-13-16-10/h3-5,18H,6-7H2,1-2H3,(H,13,16). The van der Waals surface area contributed by atoms with Gasteiger partial charge in [-0.15, -0.1) is 0 Å². The molecule has 1 aliphatic heterocycles. The molecule has 2 aromatic heterocycles. The number of β-amino-alcohol motifs (C(OH)–C–C–N with tert-alkyl or cyclic N) is 1. The van der Waals surface area contributed by atoms with Gasteiger partial charge in [0.25, 0.3) is 0 Å². The van der Waals surface area contributed by atoms with Crippen LogP contribution in [-0.4, -0.2) is 38.4 Å². The van der Waals surface area contributed by atoms with Crippen LogP contribution in [0.4, 0.5) is 5.82 Å². The third-order valence-corrected chi connectivity index (χ3v) is 3.18. The topological polar surface area (TPSA) is 77.9 Å². The highest BCUT2D eigenvalue weighted by atomic mass is 16.3. The number of aromatic amines is 1. The summed E-state index contributed by atoms with van der Waals surface area (Å²) < 4.78 is 0. The predicted octanol–water partition coefficient (Wildman–Crippen LogP) is 0.524. The van der Waals surface area contributed by atoms with Crippen LogP contribution in [-0.2, 0) is 5.60 Å². The Kier molecular flexibility index (Phi) is 2.34. The van der Waals surface area contributed by atoms with Crippen molar-refractivity contribution in [1.82, 2.24) is 20.2 Å². The van der Waals surface area contributed by atoms with Crippen LogP contribution < -0.4 is 4.90 Å². The summed E-state index contributed by atoms with van der Waals surface area (Å²) in [5.74, 6) is 1.62. The monoisotopic (exact) mass is 245 g/mol. The molecule has 2 aromatic rings. The van der Waals surface area contributed by atoms with E-state index in [-0.39, 0.29) is 0 Å². The molecule has 0 amide bonds. The van der Waals surface area contributed by atoms with Crippen LogP contribution in [0.15, 0.2) is 18.3 Å². The van der Waals surface area contributed by atoms with Gasteiger partial charge in [0.1, 0.15) is 17.2 Å². The number of aromatic nitrogens is 4. The molecule has 2 N–H and O–H groups in total. The van der Waals surface area contributed by atoms with Crippen LogP contribution in [0.2, 0.25) is 0 Å². The summed E-state index contributed by atoms with van der Waals surface area (Å²) in [6, 6.07) is 3.73. The lowest BCUT2D eigenvalue weighted by molar-refractivity contribution is 0.00286. The Bertz CT molecular complexity index is 540. The van der Waals surface area contributed by atoms with Crippen LogP contribution in [0.25, 0.3) is 0 Å². The minimum Gasteiger partial charge on any atom is -0.380 e. The van der Waals surface area contributed by atoms with E-state index in [1.165, 1.54) is 0 Å². The van der Waals surface area contributed by atoms with Gasteiger partial charge in [-0.3, -0.25) is 5.10 Å². The zero-order valence-corrected chi connectivity index (χ0v) is 10.4. The van der Waals surface area contributed by atoms with E-state index in [4.69, 9.17) is 0 Å². The third kappa shape index (κ3) is 1.74. The largest absolute Gasteiger partial charge is 0.380 e. The maximum atomic E-state index is 10.4. The van der Waals surface area contributed by atoms with Gasteiger partial charge in [-0.25, -0.2) is 9.97 Å². The summed E-state index contributed by atoms with van der Waals surface area (Å²) in [7, 11) is 0. The fourth-order valence-electron chi connectivity index (χ4n) is 2.29. The van der Waals surface area contributed by atoms with Gasteiger partial charge in [0.2, 0.25) is 0 Å². The molecule has 0 bridgehead atoms. The molecule has 1 saturated heterocycles. The molecule has 3 heterocycles. The second-order valence-corrected chi connectivity index (χ2v) is 4.77. The van der Waals surface area contributed by atoms with E-state index in [0.29, 0.717) is 13.1 Å². The van der Waals surface area contributed by atoms with Crippen molar-refractivity contribution in [3.63, 3.8) is 0 Å². The normalized spacial score (nSPS) is 17.6. The minimum absolute atomic E-state index is 0.519. The van der Waals surface area contributed by atoms with Crippen LogP contribution >= 0.6 is 0 Å². The van der Waals surface area contributed by atoms with Gasteiger partial charge in [0, 0.05) is 18.0 Å². The number of aliphatic hydroxyl groups is 1. The van der Waals surface area contributed by atoms with Crippen LogP contribution in [0.1, 0.15) is 17.2 Å². The number of H-pyrrole nitrogens is 1. The highest BCUT2D eigenvalue weighted by Gasteiger charge is 2.44. The van der Waals surface area contributed by atoms with Gasteiger partial charge in [-0.2, -0.15) is 5.10 Å². The van der Waals surface area contributed by atoms with Gasteiger partial charge < -0.3 is 10.0 Å². The molecular weight excluding hydrogens is 230 g/mol. The first kappa shape index (κ1) is 11.2. The van der Waals surface area contributed by atoms with E-state index in [1.54, 1.807) is 12.3 Å². The van der Waals surface area contributed by atoms with Crippen molar-refractivity contribution >= 4 is 5.82 Å². The van der Waals surface area contributed by atoms with Crippen molar-refractivity contribution < 1.29 is 5.11 Å². The van der Waals surface area contributed by atoms with E-state index in [2.05, 4.69) is 20.2 Å². The van der Waals surface area contributed by atoms with E-state index >= 15 is 0 Å². The van der Waals surface area contributed by atoms with Crippen LogP contribution in [0, 0.1) is 13.8 Å². The lowest BCUT2D eigenvalue weighted by Crippen LogP contribution is -2.60. The minimum atomic E-state index is -0.844. The summed E-state index contributed by atoms with van der Waals surface area (Å²) >= 11 is 0. The number of hydrogen-bond donors (Lipinski definition) is 2. The highest BCUT2D eigenvalue weighted by Crippen LogP contribution is 2.33. The lowest BCUT2D eigenvalue weighted by atomic mass is 9.90. The first-order valence-electron chi connectivity index (χ1n) is 5.86. The number of nitrogens with zero attached hydrogens (tertiary/aromatic N) is 4. The van der Waals surface area contributed by atoms with Gasteiger partial charge in [-0.05, 0) is 19.9 Å². The summed E-state index contributed by atoms with van der Waals surface area (Å²) in [6.07, 6.45) is 1.65. The quantitative estimate of drug-likeness (QED) is 0.806. The molecule has 0 saturated carbocycles. The fraction of sp³-hybridized carbons (Fsp3) is 0.417. The SMILES string of the molecule is Cc1cc(N2CC(O)(c3ccn[nH]3)C2)nc(C)n1. The van der Waals surface area contributed by atoms with E-state index in [1.807, 2.05) is 24.8 Å². The maximum absolute atomic E-state index is 10.4. The number of anilines is 1. The third-order valence-electron chi connectivity index (χ3n) is 3.18. The van der Waals surface area contributed by atoms with Crippen LogP contribution in [0.5, 0.6) is 0 Å². The molecule has 0 aliphatic carbocycles. The second-order valence-electron chi connectivity index (χ2n) is 4.77. The Morgan fingerprint density at radius 3 is 2.72 bits per heavy atom. The average Bonchev–Trinajstić information content (AvgIpc) is 2.76. The van der Waals surface area contributed by atoms with Crippen molar-refractivity contribution in [2.24, 2.45) is 0 Å². The first-order valence-corrected chi connectivity index (χ1v) is 5.86. The molecule has 0 aromatic carbocycles. The molecule has 6 nitrogen and oxygen atoms in total. The van der Waals surface area contributed by atoms with E-state index in [0.717, 1.165) is 23.0 Å². The summed E-state index contributed by atoms with van der Waals surface area (Å²) in [4.78, 5) is 10.7. The molecule has 94 valence electrons. The smallest absolute Gasteiger partial charge is 0.141 e. The van der Waals surface area contributed by atoms with Crippen molar-refractivity contribution in [2.75, 3.05) is 18.0 Å². The molecule has 0 radical (unpaired) electrons. The molecule has 1 aliphatic rings. The van der Waals surface area contributed by atoms with Gasteiger partial charge in [0.15, 0.2) is 0 Å². The Hall–Kier alpha value is -1.95. The zero-order chi connectivity index (χ0) is 12.8. The van der Waals surface area contributed by atoms with E-state index in [9.17, 15) is 5.11 Å². The molecule has 18 heavy (non-hydrogen) atoms. The molecule has 3 rings (SSSR count). The van der Waals surface area contributed by atoms with Crippen molar-refractivity contribution in [3.05, 3.63) is 35.5 Å². The molecular formula is C12H15N5O. The number of nitrogens with one attached hydrogen (secondary N) is 1. The second kappa shape index (κ2) is 3.78. The summed E-state index contributed by atoms with van der Waals surface area (Å²) in [5, 5.41) is 17.1. The van der Waals surface area contributed by atoms with Crippen molar-refractivity contribution in [1.29, 1.82) is 0 Å². The fourth-order valence-corrected chi connectivity index (χ4v) is 2.29. The average molecular weight is 245 g/mol. The Balaban J connectivity index is 1.79. The summed E-state index contributed by atoms with van der Waals surface area (Å²) in [5.41, 5.74) is 0.847. The van der Waals surface area contributed by atoms with E-state index < -0.39 is 5.60 Å². The highest BCUT2D eigenvalue weighted by molar-refractivity contribution is 5.46. The van der Waals surface area contributed by atoms with Gasteiger partial charge >= 0.3 is 0 Å². The first-order chi connectivity index (χ1) is 8.57. The van der Waals surface area contributed by atoms with Crippen molar-refractivity contribution in [3.8, 4) is 0 Å². The number of aryl methyl sites for hydroxylation is 2. The lowest BCUT2D eigenvalue weighted by Gasteiger charge is -2.46. The van der Waals surface area contributed by atoms with Crippen molar-refractivity contribution in [2.45, 2.75) is 19.4 Å². The Morgan fingerprint density at radius 2 is 2.11 bits per heavy atom. The van der Waals surface area contributed by atoms with Crippen LogP contribution in [0.3, 0.4) is 0 Å². The summed E-state index contributed by atoms with van der Waals surface area (Å²) in [6.45, 7) is 4.85. The molecule has 1 fully saturated rings. The Morgan fingerprint density at radius 1 is 1.33 bits per heavy atom. The van der Waals surface area contributed by atoms with Gasteiger partial charge in [-0.1, -0.05) is 0 Å². The number of hydrogen-bond acceptors (Lipinski definition) is 5. The maximum Gasteiger partial charge on any atom is 0.141 e. The Labute approximate surface area is 105 Å². The molecule has 0 spiro atoms. The zero-order valence-electron chi connectivity index (χ0n) is 10.4. The molecule has 0 atom stereocenters. The predicted molar refractivity (Wildman–Crippen MR) is 66.2 cm³/mol. The molecule has 0 unspecified atom stereocenters.